The maximum atomic E-state index is 11.6. The number of Topliss-reactive ketones (excluding diaryl/α,β-unsaturated/α-hetero) is 1. The first-order valence-corrected chi connectivity index (χ1v) is 5.43. The molecule has 1 rings (SSSR count). The van der Waals surface area contributed by atoms with E-state index in [-0.39, 0.29) is 23.5 Å². The molecule has 0 heterocycles. The van der Waals surface area contributed by atoms with E-state index < -0.39 is 11.5 Å². The first-order valence-electron chi connectivity index (χ1n) is 4.90. The van der Waals surface area contributed by atoms with E-state index in [0.717, 1.165) is 12.1 Å². The number of carbonyl (C=O) groups is 1. The van der Waals surface area contributed by atoms with Crippen LogP contribution >= 0.6 is 11.6 Å². The van der Waals surface area contributed by atoms with E-state index in [2.05, 4.69) is 0 Å². The summed E-state index contributed by atoms with van der Waals surface area (Å²) in [6.07, 6.45) is 1.51. The molecule has 0 unspecified atom stereocenters. The van der Waals surface area contributed by atoms with Gasteiger partial charge in [-0.25, -0.2) is 0 Å². The largest absolute Gasteiger partial charge is 0.508 e. The van der Waals surface area contributed by atoms with Crippen LogP contribution in [-0.2, 0) is 0 Å². The van der Waals surface area contributed by atoms with Gasteiger partial charge in [0.2, 0.25) is 0 Å². The summed E-state index contributed by atoms with van der Waals surface area (Å²) in [5.41, 5.74) is -0.146. The number of phenols is 3. The van der Waals surface area contributed by atoms with Gasteiger partial charge in [-0.15, -0.1) is 11.6 Å². The van der Waals surface area contributed by atoms with Gasteiger partial charge in [-0.3, -0.25) is 4.79 Å². The molecule has 88 valence electrons. The Labute approximate surface area is 98.1 Å². The normalized spacial score (nSPS) is 10.3. The second kappa shape index (κ2) is 5.61. The van der Waals surface area contributed by atoms with Gasteiger partial charge < -0.3 is 15.3 Å². The van der Waals surface area contributed by atoms with E-state index >= 15 is 0 Å². The average molecular weight is 245 g/mol. The lowest BCUT2D eigenvalue weighted by molar-refractivity contribution is 0.0974. The Bertz CT molecular complexity index is 367. The predicted molar refractivity (Wildman–Crippen MR) is 60.3 cm³/mol. The van der Waals surface area contributed by atoms with Crippen LogP contribution in [0.2, 0.25) is 0 Å². The number of carbonyl (C=O) groups excluding carboxylic acids is 1. The average Bonchev–Trinajstić information content (AvgIpc) is 2.16. The Morgan fingerprint density at radius 2 is 1.69 bits per heavy atom. The van der Waals surface area contributed by atoms with Crippen LogP contribution in [0, 0.1) is 0 Å². The molecule has 0 aromatic heterocycles. The van der Waals surface area contributed by atoms with Gasteiger partial charge in [0.05, 0.1) is 0 Å². The van der Waals surface area contributed by atoms with Crippen LogP contribution in [0.4, 0.5) is 0 Å². The van der Waals surface area contributed by atoms with Crippen LogP contribution in [0.25, 0.3) is 0 Å². The van der Waals surface area contributed by atoms with Crippen LogP contribution in [-0.4, -0.2) is 27.0 Å². The van der Waals surface area contributed by atoms with Gasteiger partial charge in [0.25, 0.3) is 0 Å². The van der Waals surface area contributed by atoms with Crippen molar-refractivity contribution in [3.63, 3.8) is 0 Å². The van der Waals surface area contributed by atoms with Gasteiger partial charge in [0.15, 0.2) is 5.78 Å². The summed E-state index contributed by atoms with van der Waals surface area (Å²) in [7, 11) is 0. The molecule has 0 aliphatic heterocycles. The quantitative estimate of drug-likeness (QED) is 0.422. The molecule has 0 saturated heterocycles. The highest BCUT2D eigenvalue weighted by molar-refractivity contribution is 6.17. The number of aromatic hydroxyl groups is 3. The zero-order valence-electron chi connectivity index (χ0n) is 8.61. The minimum absolute atomic E-state index is 0.146. The van der Waals surface area contributed by atoms with Gasteiger partial charge in [0.1, 0.15) is 22.8 Å². The maximum absolute atomic E-state index is 11.6. The van der Waals surface area contributed by atoms with E-state index in [0.29, 0.717) is 18.7 Å². The summed E-state index contributed by atoms with van der Waals surface area (Å²) in [4.78, 5) is 11.6. The van der Waals surface area contributed by atoms with Gasteiger partial charge in [-0.1, -0.05) is 0 Å². The molecule has 0 spiro atoms. The molecular weight excluding hydrogens is 232 g/mol. The van der Waals surface area contributed by atoms with Gasteiger partial charge >= 0.3 is 0 Å². The van der Waals surface area contributed by atoms with E-state index in [1.807, 2.05) is 0 Å². The fourth-order valence-electron chi connectivity index (χ4n) is 1.39. The molecule has 0 amide bonds. The lowest BCUT2D eigenvalue weighted by Gasteiger charge is -2.06. The summed E-state index contributed by atoms with van der Waals surface area (Å²) in [5, 5.41) is 27.9. The number of hydrogen-bond donors (Lipinski definition) is 3. The Balaban J connectivity index is 2.83. The number of ketones is 1. The summed E-state index contributed by atoms with van der Waals surface area (Å²) in [6, 6.07) is 2.04. The topological polar surface area (TPSA) is 77.8 Å². The smallest absolute Gasteiger partial charge is 0.170 e. The fraction of sp³-hybridized carbons (Fsp3) is 0.364. The zero-order chi connectivity index (χ0) is 12.1. The highest BCUT2D eigenvalue weighted by atomic mass is 35.5. The minimum Gasteiger partial charge on any atom is -0.508 e. The van der Waals surface area contributed by atoms with E-state index in [1.54, 1.807) is 0 Å². The molecule has 16 heavy (non-hydrogen) atoms. The molecule has 0 fully saturated rings. The lowest BCUT2D eigenvalue weighted by atomic mass is 10.0. The van der Waals surface area contributed by atoms with Crippen molar-refractivity contribution in [3.8, 4) is 17.2 Å². The lowest BCUT2D eigenvalue weighted by Crippen LogP contribution is -2.00. The van der Waals surface area contributed by atoms with Crippen LogP contribution < -0.4 is 0 Å². The second-order valence-electron chi connectivity index (χ2n) is 3.43. The van der Waals surface area contributed by atoms with Crippen molar-refractivity contribution in [1.82, 2.24) is 0 Å². The molecule has 4 nitrogen and oxygen atoms in total. The molecule has 0 saturated carbocycles. The fourth-order valence-corrected chi connectivity index (χ4v) is 1.58. The number of rotatable bonds is 5. The second-order valence-corrected chi connectivity index (χ2v) is 3.81. The third kappa shape index (κ3) is 3.03. The third-order valence-corrected chi connectivity index (χ3v) is 2.42. The number of halogens is 1. The third-order valence-electron chi connectivity index (χ3n) is 2.15. The Morgan fingerprint density at radius 1 is 1.12 bits per heavy atom. The van der Waals surface area contributed by atoms with Gasteiger partial charge in [-0.05, 0) is 12.8 Å². The van der Waals surface area contributed by atoms with Crippen LogP contribution in [0.3, 0.4) is 0 Å². The Morgan fingerprint density at radius 3 is 2.19 bits per heavy atom. The highest BCUT2D eigenvalue weighted by Crippen LogP contribution is 2.33. The van der Waals surface area contributed by atoms with E-state index in [4.69, 9.17) is 16.7 Å². The maximum Gasteiger partial charge on any atom is 0.170 e. The molecular formula is C11H13ClO4. The molecule has 0 radical (unpaired) electrons. The van der Waals surface area contributed by atoms with E-state index in [1.165, 1.54) is 0 Å². The standard InChI is InChI=1S/C11H13ClO4/c12-4-2-1-3-8(14)11-9(15)5-7(13)6-10(11)16/h5-6,13,15-16H,1-4H2. The predicted octanol–water partition coefficient (Wildman–Crippen LogP) is 2.40. The summed E-state index contributed by atoms with van der Waals surface area (Å²) >= 11 is 5.47. The van der Waals surface area contributed by atoms with Crippen LogP contribution in [0.5, 0.6) is 17.2 Å². The Kier molecular flexibility index (Phi) is 4.43. The first-order chi connectivity index (χ1) is 7.56. The number of hydrogen-bond acceptors (Lipinski definition) is 4. The van der Waals surface area contributed by atoms with Gasteiger partial charge in [-0.2, -0.15) is 0 Å². The van der Waals surface area contributed by atoms with Crippen molar-refractivity contribution in [1.29, 1.82) is 0 Å². The van der Waals surface area contributed by atoms with Crippen molar-refractivity contribution < 1.29 is 20.1 Å². The van der Waals surface area contributed by atoms with Crippen LogP contribution in [0.15, 0.2) is 12.1 Å². The summed E-state index contributed by atoms with van der Waals surface area (Å²) in [5.74, 6) is -0.991. The molecule has 1 aromatic rings. The molecule has 0 atom stereocenters. The number of benzene rings is 1. The van der Waals surface area contributed by atoms with Crippen molar-refractivity contribution in [3.05, 3.63) is 17.7 Å². The molecule has 5 heteroatoms. The van der Waals surface area contributed by atoms with Crippen molar-refractivity contribution >= 4 is 17.4 Å². The minimum atomic E-state index is -0.409. The molecule has 0 aliphatic carbocycles. The number of unbranched alkanes of at least 4 members (excludes halogenated alkanes) is 1. The number of phenolic OH excluding ortho intramolecular Hbond substituents is 3. The molecule has 3 N–H and O–H groups in total. The van der Waals surface area contributed by atoms with Crippen molar-refractivity contribution in [2.24, 2.45) is 0 Å². The number of alkyl halides is 1. The van der Waals surface area contributed by atoms with Crippen molar-refractivity contribution in [2.45, 2.75) is 19.3 Å². The van der Waals surface area contributed by atoms with Crippen molar-refractivity contribution in [2.75, 3.05) is 5.88 Å². The molecule has 0 aliphatic rings. The summed E-state index contributed by atoms with van der Waals surface area (Å²) < 4.78 is 0. The Hall–Kier alpha value is -1.42. The monoisotopic (exact) mass is 244 g/mol. The van der Waals surface area contributed by atoms with Crippen LogP contribution in [0.1, 0.15) is 29.6 Å². The first kappa shape index (κ1) is 12.6. The molecule has 0 bridgehead atoms. The van der Waals surface area contributed by atoms with Gasteiger partial charge in [0, 0.05) is 24.4 Å². The highest BCUT2D eigenvalue weighted by Gasteiger charge is 2.16. The zero-order valence-corrected chi connectivity index (χ0v) is 9.37. The SMILES string of the molecule is O=C(CCCCCl)c1c(O)cc(O)cc1O. The molecule has 1 aromatic carbocycles. The summed E-state index contributed by atoms with van der Waals surface area (Å²) in [6.45, 7) is 0. The van der Waals surface area contributed by atoms with E-state index in [9.17, 15) is 15.0 Å².